The van der Waals surface area contributed by atoms with E-state index in [4.69, 9.17) is 4.74 Å². The molecule has 1 aromatic heterocycles. The number of hydrogen-bond donors (Lipinski definition) is 2. The molecule has 0 aliphatic heterocycles. The summed E-state index contributed by atoms with van der Waals surface area (Å²) in [5.74, 6) is -0.703. The molecule has 1 aromatic carbocycles. The smallest absolute Gasteiger partial charge is 0.356 e. The summed E-state index contributed by atoms with van der Waals surface area (Å²) in [5.41, 5.74) is 1.48. The van der Waals surface area contributed by atoms with Crippen molar-refractivity contribution in [2.45, 2.75) is 0 Å². The van der Waals surface area contributed by atoms with Crippen LogP contribution in [-0.4, -0.2) is 49.5 Å². The molecule has 1 amide bonds. The second-order valence-corrected chi connectivity index (χ2v) is 4.70. The highest BCUT2D eigenvalue weighted by Gasteiger charge is 2.19. The molecule has 0 spiro atoms. The number of methoxy groups -OCH3 is 1. The predicted octanol–water partition coefficient (Wildman–Crippen LogP) is 1.45. The molecule has 6 nitrogen and oxygen atoms in total. The first kappa shape index (κ1) is 14.1. The highest BCUT2D eigenvalue weighted by molar-refractivity contribution is 6.11. The van der Waals surface area contributed by atoms with Crippen molar-refractivity contribution in [2.24, 2.45) is 0 Å². The van der Waals surface area contributed by atoms with Crippen molar-refractivity contribution in [3.63, 3.8) is 0 Å². The van der Waals surface area contributed by atoms with Crippen LogP contribution in [0.25, 0.3) is 10.9 Å². The van der Waals surface area contributed by atoms with Crippen LogP contribution in [-0.2, 0) is 9.53 Å². The zero-order chi connectivity index (χ0) is 14.7. The summed E-state index contributed by atoms with van der Waals surface area (Å²) in [4.78, 5) is 28.4. The number of nitrogens with zero attached hydrogens (tertiary/aromatic N) is 1. The van der Waals surface area contributed by atoms with Gasteiger partial charge in [0.1, 0.15) is 5.69 Å². The molecular formula is C14H17N3O3. The molecule has 0 fully saturated rings. The molecular weight excluding hydrogens is 258 g/mol. The quantitative estimate of drug-likeness (QED) is 0.828. The summed E-state index contributed by atoms with van der Waals surface area (Å²) >= 11 is 0. The third kappa shape index (κ3) is 2.80. The van der Waals surface area contributed by atoms with E-state index in [0.29, 0.717) is 5.69 Å². The van der Waals surface area contributed by atoms with Crippen LogP contribution in [0.1, 0.15) is 10.5 Å². The van der Waals surface area contributed by atoms with Crippen LogP contribution in [0.2, 0.25) is 0 Å². The number of anilines is 1. The number of nitrogens with one attached hydrogen (secondary N) is 2. The Morgan fingerprint density at radius 3 is 2.65 bits per heavy atom. The van der Waals surface area contributed by atoms with Crippen molar-refractivity contribution < 1.29 is 14.3 Å². The Hall–Kier alpha value is -2.34. The lowest BCUT2D eigenvalue weighted by molar-refractivity contribution is -0.116. The van der Waals surface area contributed by atoms with Gasteiger partial charge in [-0.2, -0.15) is 0 Å². The fraction of sp³-hybridized carbons (Fsp3) is 0.286. The van der Waals surface area contributed by atoms with Crippen molar-refractivity contribution in [3.05, 3.63) is 30.0 Å². The van der Waals surface area contributed by atoms with Crippen LogP contribution < -0.4 is 5.32 Å². The highest BCUT2D eigenvalue weighted by atomic mass is 16.5. The summed E-state index contributed by atoms with van der Waals surface area (Å²) in [6.07, 6.45) is 0. The summed E-state index contributed by atoms with van der Waals surface area (Å²) in [6, 6.07) is 7.37. The Morgan fingerprint density at radius 1 is 1.30 bits per heavy atom. The molecule has 0 aliphatic carbocycles. The number of benzene rings is 1. The van der Waals surface area contributed by atoms with E-state index in [-0.39, 0.29) is 18.1 Å². The SMILES string of the molecule is COC(=O)c1[nH]c2ccccc2c1NC(=O)CN(C)C. The van der Waals surface area contributed by atoms with E-state index in [0.717, 1.165) is 10.9 Å². The minimum atomic E-state index is -0.513. The largest absolute Gasteiger partial charge is 0.464 e. The van der Waals surface area contributed by atoms with Gasteiger partial charge in [0.2, 0.25) is 5.91 Å². The first-order valence-electron chi connectivity index (χ1n) is 6.16. The monoisotopic (exact) mass is 275 g/mol. The van der Waals surface area contributed by atoms with E-state index in [1.165, 1.54) is 7.11 Å². The Bertz CT molecular complexity index is 646. The number of likely N-dealkylation sites (N-methyl/N-ethyl adjacent to an activating group) is 1. The Balaban J connectivity index is 2.43. The number of H-pyrrole nitrogens is 1. The van der Waals surface area contributed by atoms with E-state index >= 15 is 0 Å². The molecule has 0 saturated carbocycles. The van der Waals surface area contributed by atoms with E-state index in [1.807, 2.05) is 24.3 Å². The van der Waals surface area contributed by atoms with Gasteiger partial charge in [-0.15, -0.1) is 0 Å². The Morgan fingerprint density at radius 2 is 2.00 bits per heavy atom. The summed E-state index contributed by atoms with van der Waals surface area (Å²) < 4.78 is 4.74. The molecule has 0 atom stereocenters. The predicted molar refractivity (Wildman–Crippen MR) is 76.8 cm³/mol. The standard InChI is InChI=1S/C14H17N3O3/c1-17(2)8-11(18)16-12-9-6-4-5-7-10(9)15-13(12)14(19)20-3/h4-7,15H,8H2,1-3H3,(H,16,18). The van der Waals surface area contributed by atoms with Gasteiger partial charge in [0, 0.05) is 10.9 Å². The molecule has 6 heteroatoms. The molecule has 0 bridgehead atoms. The van der Waals surface area contributed by atoms with Gasteiger partial charge >= 0.3 is 5.97 Å². The van der Waals surface area contributed by atoms with Crippen molar-refractivity contribution in [1.29, 1.82) is 0 Å². The van der Waals surface area contributed by atoms with E-state index in [1.54, 1.807) is 19.0 Å². The van der Waals surface area contributed by atoms with E-state index in [2.05, 4.69) is 10.3 Å². The number of hydrogen-bond acceptors (Lipinski definition) is 4. The third-order valence-electron chi connectivity index (χ3n) is 2.82. The number of esters is 1. The van der Waals surface area contributed by atoms with Crippen molar-refractivity contribution in [3.8, 4) is 0 Å². The van der Waals surface area contributed by atoms with Gasteiger partial charge in [-0.1, -0.05) is 18.2 Å². The summed E-state index contributed by atoms with van der Waals surface area (Å²) in [7, 11) is 4.91. The molecule has 0 saturated heterocycles. The van der Waals surface area contributed by atoms with Gasteiger partial charge in [-0.3, -0.25) is 4.79 Å². The van der Waals surface area contributed by atoms with E-state index < -0.39 is 5.97 Å². The number of para-hydroxylation sites is 1. The van der Waals surface area contributed by atoms with Gasteiger partial charge in [0.05, 0.1) is 19.3 Å². The summed E-state index contributed by atoms with van der Waals surface area (Å²) in [5, 5.41) is 3.55. The van der Waals surface area contributed by atoms with Crippen molar-refractivity contribution in [2.75, 3.05) is 33.1 Å². The molecule has 0 radical (unpaired) electrons. The third-order valence-corrected chi connectivity index (χ3v) is 2.82. The lowest BCUT2D eigenvalue weighted by atomic mass is 10.2. The van der Waals surface area contributed by atoms with Crippen molar-refractivity contribution in [1.82, 2.24) is 9.88 Å². The number of ether oxygens (including phenoxy) is 1. The fourth-order valence-corrected chi connectivity index (χ4v) is 1.99. The average molecular weight is 275 g/mol. The van der Waals surface area contributed by atoms with Crippen LogP contribution in [0.3, 0.4) is 0 Å². The van der Waals surface area contributed by atoms with Crippen LogP contribution in [0.4, 0.5) is 5.69 Å². The molecule has 1 heterocycles. The first-order chi connectivity index (χ1) is 9.52. The molecule has 2 rings (SSSR count). The minimum absolute atomic E-state index is 0.190. The second kappa shape index (κ2) is 5.75. The zero-order valence-corrected chi connectivity index (χ0v) is 11.7. The maximum Gasteiger partial charge on any atom is 0.356 e. The lowest BCUT2D eigenvalue weighted by Gasteiger charge is -2.10. The average Bonchev–Trinajstić information content (AvgIpc) is 2.76. The van der Waals surface area contributed by atoms with Crippen LogP contribution in [0.5, 0.6) is 0 Å². The number of fused-ring (bicyclic) bond motifs is 1. The van der Waals surface area contributed by atoms with Gasteiger partial charge < -0.3 is 19.9 Å². The number of amides is 1. The lowest BCUT2D eigenvalue weighted by Crippen LogP contribution is -2.27. The molecule has 2 aromatic rings. The van der Waals surface area contributed by atoms with Gasteiger partial charge in [-0.25, -0.2) is 4.79 Å². The van der Waals surface area contributed by atoms with Gasteiger partial charge in [0.15, 0.2) is 0 Å². The molecule has 106 valence electrons. The number of aromatic nitrogens is 1. The molecule has 20 heavy (non-hydrogen) atoms. The Kier molecular flexibility index (Phi) is 4.05. The molecule has 0 aliphatic rings. The molecule has 2 N–H and O–H groups in total. The van der Waals surface area contributed by atoms with Gasteiger partial charge in [-0.05, 0) is 20.2 Å². The maximum atomic E-state index is 11.9. The van der Waals surface area contributed by atoms with Crippen LogP contribution >= 0.6 is 0 Å². The number of carbonyl (C=O) groups is 2. The normalized spacial score (nSPS) is 10.8. The maximum absolute atomic E-state index is 11.9. The number of carbonyl (C=O) groups excluding carboxylic acids is 2. The van der Waals surface area contributed by atoms with Gasteiger partial charge in [0.25, 0.3) is 0 Å². The number of aromatic amines is 1. The summed E-state index contributed by atoms with van der Waals surface area (Å²) in [6.45, 7) is 0.236. The minimum Gasteiger partial charge on any atom is -0.464 e. The van der Waals surface area contributed by atoms with Crippen LogP contribution in [0.15, 0.2) is 24.3 Å². The van der Waals surface area contributed by atoms with Crippen molar-refractivity contribution >= 4 is 28.5 Å². The first-order valence-corrected chi connectivity index (χ1v) is 6.16. The zero-order valence-electron chi connectivity index (χ0n) is 11.7. The number of rotatable bonds is 4. The fourth-order valence-electron chi connectivity index (χ4n) is 1.99. The van der Waals surface area contributed by atoms with Crippen LogP contribution in [0, 0.1) is 0 Å². The topological polar surface area (TPSA) is 74.4 Å². The molecule has 0 unspecified atom stereocenters. The van der Waals surface area contributed by atoms with E-state index in [9.17, 15) is 9.59 Å². The second-order valence-electron chi connectivity index (χ2n) is 4.70. The highest BCUT2D eigenvalue weighted by Crippen LogP contribution is 2.28. The Labute approximate surface area is 116 Å².